The molecule has 0 aliphatic heterocycles. The van der Waals surface area contributed by atoms with Gasteiger partial charge in [0.25, 0.3) is 0 Å². The maximum atomic E-state index is 11.1. The summed E-state index contributed by atoms with van der Waals surface area (Å²) in [7, 11) is 3.70. The fourth-order valence-corrected chi connectivity index (χ4v) is 3.49. The predicted molar refractivity (Wildman–Crippen MR) is 109 cm³/mol. The summed E-state index contributed by atoms with van der Waals surface area (Å²) in [5, 5.41) is 9.13. The van der Waals surface area contributed by atoms with Gasteiger partial charge in [0.1, 0.15) is 6.04 Å². The van der Waals surface area contributed by atoms with Crippen molar-refractivity contribution in [1.29, 1.82) is 0 Å². The lowest BCUT2D eigenvalue weighted by molar-refractivity contribution is -0.142. The van der Waals surface area contributed by atoms with Gasteiger partial charge in [-0.25, -0.2) is 0 Å². The molecule has 0 aromatic rings. The van der Waals surface area contributed by atoms with Crippen LogP contribution in [0.25, 0.3) is 0 Å². The average Bonchev–Trinajstić information content (AvgIpc) is 2.57. The van der Waals surface area contributed by atoms with E-state index in [-0.39, 0.29) is 6.04 Å². The number of hydrogen-bond acceptors (Lipinski definition) is 2. The fraction of sp³-hybridized carbons (Fsp3) is 0.955. The Hall–Kier alpha value is -0.570. The van der Waals surface area contributed by atoms with E-state index < -0.39 is 5.97 Å². The molecule has 150 valence electrons. The van der Waals surface area contributed by atoms with Gasteiger partial charge in [0.2, 0.25) is 0 Å². The SMILES string of the molecule is CCCCCCCCCCCCCCCCCC[C@@H](C(=O)O)N(C)C. The second-order valence-electron chi connectivity index (χ2n) is 7.91. The summed E-state index contributed by atoms with van der Waals surface area (Å²) in [5.41, 5.74) is 0. The van der Waals surface area contributed by atoms with Gasteiger partial charge in [-0.3, -0.25) is 9.69 Å². The van der Waals surface area contributed by atoms with Gasteiger partial charge in [0.15, 0.2) is 0 Å². The van der Waals surface area contributed by atoms with Crippen molar-refractivity contribution in [1.82, 2.24) is 4.90 Å². The van der Waals surface area contributed by atoms with E-state index in [2.05, 4.69) is 6.92 Å². The molecule has 3 nitrogen and oxygen atoms in total. The smallest absolute Gasteiger partial charge is 0.320 e. The monoisotopic (exact) mass is 355 g/mol. The van der Waals surface area contributed by atoms with E-state index >= 15 is 0 Å². The van der Waals surface area contributed by atoms with Crippen LogP contribution in [0.15, 0.2) is 0 Å². The van der Waals surface area contributed by atoms with Crippen molar-refractivity contribution in [2.45, 2.75) is 122 Å². The maximum absolute atomic E-state index is 11.1. The maximum Gasteiger partial charge on any atom is 0.320 e. The van der Waals surface area contributed by atoms with Crippen LogP contribution in [-0.4, -0.2) is 36.1 Å². The van der Waals surface area contributed by atoms with Crippen molar-refractivity contribution >= 4 is 5.97 Å². The summed E-state index contributed by atoms with van der Waals surface area (Å²) in [5.74, 6) is -0.689. The quantitative estimate of drug-likeness (QED) is 0.264. The molecule has 0 rings (SSSR count). The minimum Gasteiger partial charge on any atom is -0.480 e. The van der Waals surface area contributed by atoms with Gasteiger partial charge in [0.05, 0.1) is 0 Å². The summed E-state index contributed by atoms with van der Waals surface area (Å²) in [6, 6.07) is -0.313. The predicted octanol–water partition coefficient (Wildman–Crippen LogP) is 6.65. The van der Waals surface area contributed by atoms with Gasteiger partial charge < -0.3 is 5.11 Å². The first kappa shape index (κ1) is 24.4. The topological polar surface area (TPSA) is 40.5 Å². The number of likely N-dealkylation sites (N-methyl/N-ethyl adjacent to an activating group) is 1. The number of carboxylic acid groups (broad SMARTS) is 1. The summed E-state index contributed by atoms with van der Waals surface area (Å²) < 4.78 is 0. The van der Waals surface area contributed by atoms with Crippen molar-refractivity contribution in [3.63, 3.8) is 0 Å². The van der Waals surface area contributed by atoms with Crippen LogP contribution in [0.3, 0.4) is 0 Å². The van der Waals surface area contributed by atoms with Crippen LogP contribution < -0.4 is 0 Å². The molecular weight excluding hydrogens is 310 g/mol. The van der Waals surface area contributed by atoms with E-state index in [9.17, 15) is 4.79 Å². The van der Waals surface area contributed by atoms with Crippen LogP contribution >= 0.6 is 0 Å². The number of aliphatic carboxylic acids is 1. The lowest BCUT2D eigenvalue weighted by Gasteiger charge is -2.19. The highest BCUT2D eigenvalue weighted by molar-refractivity contribution is 5.73. The van der Waals surface area contributed by atoms with E-state index in [1.807, 2.05) is 19.0 Å². The zero-order valence-corrected chi connectivity index (χ0v) is 17.4. The number of nitrogens with zero attached hydrogens (tertiary/aromatic N) is 1. The van der Waals surface area contributed by atoms with E-state index in [1.54, 1.807) is 0 Å². The highest BCUT2D eigenvalue weighted by Gasteiger charge is 2.18. The molecule has 0 saturated heterocycles. The standard InChI is InChI=1S/C22H45NO2/c1-4-5-6-7-8-9-10-11-12-13-14-15-16-17-18-19-20-21(22(24)25)23(2)3/h21H,4-20H2,1-3H3,(H,24,25)/t21-/m0/s1. The Morgan fingerprint density at radius 1 is 0.680 bits per heavy atom. The molecule has 0 aliphatic carbocycles. The van der Waals surface area contributed by atoms with Crippen LogP contribution in [0.2, 0.25) is 0 Å². The minimum absolute atomic E-state index is 0.313. The Morgan fingerprint density at radius 3 is 1.28 bits per heavy atom. The molecule has 0 aromatic heterocycles. The van der Waals surface area contributed by atoms with Gasteiger partial charge in [-0.15, -0.1) is 0 Å². The van der Waals surface area contributed by atoms with Gasteiger partial charge >= 0.3 is 5.97 Å². The molecule has 0 aromatic carbocycles. The second-order valence-corrected chi connectivity index (χ2v) is 7.91. The number of unbranched alkanes of at least 4 members (excludes halogenated alkanes) is 15. The Balaban J connectivity index is 3.20. The highest BCUT2D eigenvalue weighted by Crippen LogP contribution is 2.14. The minimum atomic E-state index is -0.689. The van der Waals surface area contributed by atoms with Crippen molar-refractivity contribution in [3.05, 3.63) is 0 Å². The van der Waals surface area contributed by atoms with Gasteiger partial charge in [0, 0.05) is 0 Å². The third kappa shape index (κ3) is 16.6. The molecule has 0 bridgehead atoms. The molecule has 0 saturated carbocycles. The van der Waals surface area contributed by atoms with E-state index in [1.165, 1.54) is 96.3 Å². The van der Waals surface area contributed by atoms with Crippen molar-refractivity contribution in [2.24, 2.45) is 0 Å². The van der Waals surface area contributed by atoms with E-state index in [4.69, 9.17) is 5.11 Å². The summed E-state index contributed by atoms with van der Waals surface area (Å²) in [4.78, 5) is 12.9. The first-order valence-corrected chi connectivity index (χ1v) is 11.0. The van der Waals surface area contributed by atoms with Crippen LogP contribution in [0, 0.1) is 0 Å². The van der Waals surface area contributed by atoms with Crippen molar-refractivity contribution < 1.29 is 9.90 Å². The third-order valence-electron chi connectivity index (χ3n) is 5.24. The van der Waals surface area contributed by atoms with Crippen molar-refractivity contribution in [3.8, 4) is 0 Å². The number of carboxylic acids is 1. The van der Waals surface area contributed by atoms with Crippen LogP contribution in [-0.2, 0) is 4.79 Å². The molecule has 3 heteroatoms. The summed E-state index contributed by atoms with van der Waals surface area (Å²) >= 11 is 0. The average molecular weight is 356 g/mol. The molecule has 0 fully saturated rings. The molecule has 1 atom stereocenters. The molecule has 0 amide bonds. The Kier molecular flexibility index (Phi) is 17.8. The molecule has 0 unspecified atom stereocenters. The lowest BCUT2D eigenvalue weighted by Crippen LogP contribution is -2.35. The van der Waals surface area contributed by atoms with E-state index in [0.717, 1.165) is 12.8 Å². The molecule has 1 N–H and O–H groups in total. The normalized spacial score (nSPS) is 12.6. The van der Waals surface area contributed by atoms with Crippen LogP contribution in [0.5, 0.6) is 0 Å². The molecule has 0 spiro atoms. The lowest BCUT2D eigenvalue weighted by atomic mass is 10.0. The molecule has 0 heterocycles. The van der Waals surface area contributed by atoms with Gasteiger partial charge in [-0.1, -0.05) is 110 Å². The molecule has 0 aliphatic rings. The molecule has 0 radical (unpaired) electrons. The number of carbonyl (C=O) groups is 1. The third-order valence-corrected chi connectivity index (χ3v) is 5.24. The first-order chi connectivity index (χ1) is 12.1. The van der Waals surface area contributed by atoms with Crippen LogP contribution in [0.1, 0.15) is 116 Å². The Morgan fingerprint density at radius 2 is 1.00 bits per heavy atom. The number of hydrogen-bond donors (Lipinski definition) is 1. The van der Waals surface area contributed by atoms with Crippen molar-refractivity contribution in [2.75, 3.05) is 14.1 Å². The zero-order valence-electron chi connectivity index (χ0n) is 17.4. The Bertz CT molecular complexity index is 292. The van der Waals surface area contributed by atoms with E-state index in [0.29, 0.717) is 0 Å². The highest BCUT2D eigenvalue weighted by atomic mass is 16.4. The molecule has 25 heavy (non-hydrogen) atoms. The fourth-order valence-electron chi connectivity index (χ4n) is 3.49. The van der Waals surface area contributed by atoms with Gasteiger partial charge in [-0.2, -0.15) is 0 Å². The summed E-state index contributed by atoms with van der Waals surface area (Å²) in [6.07, 6.45) is 22.5. The first-order valence-electron chi connectivity index (χ1n) is 11.0. The largest absolute Gasteiger partial charge is 0.480 e. The molecular formula is C22H45NO2. The number of rotatable bonds is 19. The van der Waals surface area contributed by atoms with Crippen LogP contribution in [0.4, 0.5) is 0 Å². The second kappa shape index (κ2) is 18.2. The summed E-state index contributed by atoms with van der Waals surface area (Å²) in [6.45, 7) is 2.28. The Labute approximate surface area is 157 Å². The van der Waals surface area contributed by atoms with Gasteiger partial charge in [-0.05, 0) is 20.5 Å². The zero-order chi connectivity index (χ0) is 18.8.